The summed E-state index contributed by atoms with van der Waals surface area (Å²) in [6.45, 7) is 0. The van der Waals surface area contributed by atoms with E-state index in [0.29, 0.717) is 0 Å². The molecule has 0 atom stereocenters. The molecule has 0 aliphatic rings. The smallest absolute Gasteiger partial charge is 0.327 e. The number of rotatable bonds is 6. The second-order valence-corrected chi connectivity index (χ2v) is 4.64. The van der Waals surface area contributed by atoms with Crippen molar-refractivity contribution in [3.05, 3.63) is 34.4 Å². The largest absolute Gasteiger partial charge is 0.544 e. The highest BCUT2D eigenvalue weighted by Gasteiger charge is 2.29. The van der Waals surface area contributed by atoms with Crippen LogP contribution in [0.1, 0.15) is 0 Å². The van der Waals surface area contributed by atoms with Gasteiger partial charge >= 0.3 is 7.82 Å². The van der Waals surface area contributed by atoms with E-state index in [4.69, 9.17) is 23.7 Å². The minimum absolute atomic E-state index is 0.0123. The van der Waals surface area contributed by atoms with Crippen molar-refractivity contribution in [2.24, 2.45) is 0 Å². The minimum atomic E-state index is -4.20. The fraction of sp³-hybridized carbons (Fsp3) is 0. The molecule has 0 radical (unpaired) electrons. The molecule has 17 heavy (non-hydrogen) atoms. The molecule has 0 spiro atoms. The van der Waals surface area contributed by atoms with Gasteiger partial charge in [-0.2, -0.15) is 8.15 Å². The normalized spacial score (nSPS) is 11.2. The lowest BCUT2D eigenvalue weighted by molar-refractivity contribution is -0.384. The van der Waals surface area contributed by atoms with Gasteiger partial charge in [-0.3, -0.25) is 10.1 Å². The molecule has 11 heteroatoms. The molecular formula is C6H4Cl2NO7P. The molecule has 0 saturated carbocycles. The van der Waals surface area contributed by atoms with Crippen LogP contribution in [-0.2, 0) is 17.4 Å². The second kappa shape index (κ2) is 6.15. The highest BCUT2D eigenvalue weighted by Crippen LogP contribution is 2.52. The van der Waals surface area contributed by atoms with Gasteiger partial charge in [0.15, 0.2) is 5.75 Å². The number of nitro groups is 1. The van der Waals surface area contributed by atoms with E-state index in [1.54, 1.807) is 0 Å². The van der Waals surface area contributed by atoms with Gasteiger partial charge in [0.05, 0.1) is 28.7 Å². The molecule has 0 bridgehead atoms. The molecule has 0 fully saturated rings. The van der Waals surface area contributed by atoms with Crippen LogP contribution in [0.5, 0.6) is 5.75 Å². The Morgan fingerprint density at radius 3 is 2.12 bits per heavy atom. The predicted octanol–water partition coefficient (Wildman–Crippen LogP) is 3.35. The van der Waals surface area contributed by atoms with Gasteiger partial charge in [-0.15, -0.1) is 0 Å². The number of hydrogen-bond acceptors (Lipinski definition) is 7. The Morgan fingerprint density at radius 1 is 1.18 bits per heavy atom. The fourth-order valence-corrected chi connectivity index (χ4v) is 1.38. The zero-order valence-corrected chi connectivity index (χ0v) is 10.2. The Hall–Kier alpha value is -0.890. The molecular weight excluding hydrogens is 300 g/mol. The number of phosphoric acid groups is 1. The van der Waals surface area contributed by atoms with E-state index in [0.717, 1.165) is 12.1 Å². The van der Waals surface area contributed by atoms with Gasteiger partial charge in [-0.25, -0.2) is 4.57 Å². The molecule has 0 amide bonds. The van der Waals surface area contributed by atoms with E-state index >= 15 is 0 Å². The van der Waals surface area contributed by atoms with Crippen molar-refractivity contribution in [1.82, 2.24) is 0 Å². The molecule has 0 unspecified atom stereocenters. The van der Waals surface area contributed by atoms with Crippen molar-refractivity contribution in [1.29, 1.82) is 0 Å². The van der Waals surface area contributed by atoms with Crippen LogP contribution >= 0.6 is 31.6 Å². The van der Waals surface area contributed by atoms with Crippen molar-refractivity contribution in [2.45, 2.75) is 0 Å². The first-order valence-electron chi connectivity index (χ1n) is 3.82. The van der Waals surface area contributed by atoms with Gasteiger partial charge in [0.1, 0.15) is 0 Å². The molecule has 1 rings (SSSR count). The number of hydrogen-bond donors (Lipinski definition) is 0. The van der Waals surface area contributed by atoms with Crippen LogP contribution in [0.25, 0.3) is 0 Å². The summed E-state index contributed by atoms with van der Waals surface area (Å²) < 4.78 is 22.9. The molecule has 0 aliphatic heterocycles. The lowest BCUT2D eigenvalue weighted by atomic mass is 10.3. The lowest BCUT2D eigenvalue weighted by Gasteiger charge is -2.08. The van der Waals surface area contributed by atoms with Gasteiger partial charge in [0, 0.05) is 12.1 Å². The first kappa shape index (κ1) is 14.2. The third kappa shape index (κ3) is 4.12. The van der Waals surface area contributed by atoms with Crippen molar-refractivity contribution in [2.75, 3.05) is 0 Å². The van der Waals surface area contributed by atoms with E-state index in [1.807, 2.05) is 0 Å². The van der Waals surface area contributed by atoms with Gasteiger partial charge < -0.3 is 4.89 Å². The van der Waals surface area contributed by atoms with Crippen molar-refractivity contribution in [3.8, 4) is 5.75 Å². The minimum Gasteiger partial charge on any atom is -0.327 e. The maximum atomic E-state index is 11.1. The average Bonchev–Trinajstić information content (AvgIpc) is 2.36. The maximum Gasteiger partial charge on any atom is 0.544 e. The summed E-state index contributed by atoms with van der Waals surface area (Å²) in [6.07, 6.45) is 0. The highest BCUT2D eigenvalue weighted by molar-refractivity contribution is 7.50. The van der Waals surface area contributed by atoms with Crippen LogP contribution in [0, 0.1) is 10.1 Å². The number of halogens is 2. The average molecular weight is 304 g/mol. The monoisotopic (exact) mass is 303 g/mol. The van der Waals surface area contributed by atoms with Gasteiger partial charge in [0.2, 0.25) is 0 Å². The van der Waals surface area contributed by atoms with Crippen LogP contribution in [0.2, 0.25) is 0 Å². The molecule has 8 nitrogen and oxygen atoms in total. The van der Waals surface area contributed by atoms with E-state index in [2.05, 4.69) is 17.7 Å². The van der Waals surface area contributed by atoms with Gasteiger partial charge in [-0.1, -0.05) is 4.67 Å². The summed E-state index contributed by atoms with van der Waals surface area (Å²) in [5, 5.41) is 10.3. The third-order valence-corrected chi connectivity index (χ3v) is 3.05. The van der Waals surface area contributed by atoms with Gasteiger partial charge in [0.25, 0.3) is 5.69 Å². The molecule has 0 saturated heterocycles. The topological polar surface area (TPSA) is 97.1 Å². The lowest BCUT2D eigenvalue weighted by Crippen LogP contribution is -1.96. The van der Waals surface area contributed by atoms with Crippen LogP contribution < -0.4 is 4.89 Å². The van der Waals surface area contributed by atoms with Crippen molar-refractivity contribution in [3.63, 3.8) is 0 Å². The zero-order chi connectivity index (χ0) is 12.9. The quantitative estimate of drug-likeness (QED) is 0.344. The standard InChI is InChI=1S/C6H4Cl2NO7P/c7-14-17(12,15-8)16-13-6-3-1-5(2-4-6)9(10)11/h1-4H. The van der Waals surface area contributed by atoms with Crippen LogP contribution in [0.4, 0.5) is 5.69 Å². The van der Waals surface area contributed by atoms with Crippen LogP contribution in [0.15, 0.2) is 24.3 Å². The second-order valence-electron chi connectivity index (χ2n) is 2.49. The Bertz CT molecular complexity index is 430. The first-order chi connectivity index (χ1) is 8.00. The molecule has 0 N–H and O–H groups in total. The SMILES string of the molecule is O=[N+]([O-])c1ccc(OOP(=O)(OCl)OCl)cc1. The summed E-state index contributed by atoms with van der Waals surface area (Å²) in [5.74, 6) is 0.0123. The van der Waals surface area contributed by atoms with E-state index in [9.17, 15) is 14.7 Å². The highest BCUT2D eigenvalue weighted by atomic mass is 35.5. The number of nitro benzene ring substituents is 1. The maximum absolute atomic E-state index is 11.1. The summed E-state index contributed by atoms with van der Waals surface area (Å²) >= 11 is 9.55. The molecule has 1 aromatic rings. The molecule has 0 aliphatic carbocycles. The zero-order valence-electron chi connectivity index (χ0n) is 7.82. The summed E-state index contributed by atoms with van der Waals surface area (Å²) in [7, 11) is -4.20. The summed E-state index contributed by atoms with van der Waals surface area (Å²) in [5.41, 5.74) is -0.150. The van der Waals surface area contributed by atoms with E-state index < -0.39 is 12.7 Å². The van der Waals surface area contributed by atoms with Crippen molar-refractivity contribution < 1.29 is 27.2 Å². The third-order valence-electron chi connectivity index (χ3n) is 1.44. The first-order valence-corrected chi connectivity index (χ1v) is 5.90. The Morgan fingerprint density at radius 2 is 1.71 bits per heavy atom. The number of benzene rings is 1. The predicted molar refractivity (Wildman–Crippen MR) is 56.3 cm³/mol. The van der Waals surface area contributed by atoms with Gasteiger partial charge in [-0.05, 0) is 12.1 Å². The Labute approximate surface area is 105 Å². The van der Waals surface area contributed by atoms with E-state index in [1.165, 1.54) is 12.1 Å². The summed E-state index contributed by atoms with van der Waals surface area (Å²) in [4.78, 5) is 14.2. The Kier molecular flexibility index (Phi) is 5.13. The van der Waals surface area contributed by atoms with Crippen LogP contribution in [0.3, 0.4) is 0 Å². The van der Waals surface area contributed by atoms with E-state index in [-0.39, 0.29) is 11.4 Å². The van der Waals surface area contributed by atoms with Crippen molar-refractivity contribution >= 4 is 37.2 Å². The fourth-order valence-electron chi connectivity index (χ4n) is 0.746. The van der Waals surface area contributed by atoms with Crippen LogP contribution in [-0.4, -0.2) is 4.92 Å². The number of non-ortho nitro benzene ring substituents is 1. The summed E-state index contributed by atoms with van der Waals surface area (Å²) in [6, 6.07) is 4.69. The molecule has 94 valence electrons. The molecule has 0 aromatic heterocycles. The number of nitrogens with zero attached hydrogens (tertiary/aromatic N) is 1. The Balaban J connectivity index is 2.64. The molecule has 1 aromatic carbocycles. The molecule has 0 heterocycles.